The molecule has 0 saturated heterocycles. The molecule has 0 amide bonds. The second kappa shape index (κ2) is 6.00. The number of carbonyl (C=O) groups is 1. The summed E-state index contributed by atoms with van der Waals surface area (Å²) in [5, 5.41) is 8.84. The lowest BCUT2D eigenvalue weighted by Crippen LogP contribution is -2.34. The van der Waals surface area contributed by atoms with Crippen LogP contribution in [0.4, 0.5) is 5.69 Å². The van der Waals surface area contributed by atoms with E-state index in [0.29, 0.717) is 12.6 Å². The Balaban J connectivity index is 2.02. The molecular weight excluding hydrogens is 294 g/mol. The van der Waals surface area contributed by atoms with Crippen LogP contribution in [0.2, 0.25) is 0 Å². The summed E-state index contributed by atoms with van der Waals surface area (Å²) in [5.74, 6) is -1.15. The van der Waals surface area contributed by atoms with Crippen LogP contribution in [0.15, 0.2) is 23.1 Å². The molecule has 0 spiro atoms. The number of carboxylic acids is 1. The summed E-state index contributed by atoms with van der Waals surface area (Å²) in [7, 11) is -1.77. The smallest absolute Gasteiger partial charge is 0.335 e. The fraction of sp³-hybridized carbons (Fsp3) is 0.462. The Morgan fingerprint density at radius 1 is 1.48 bits per heavy atom. The third-order valence-electron chi connectivity index (χ3n) is 3.47. The number of nitrogens with one attached hydrogen (secondary N) is 1. The van der Waals surface area contributed by atoms with Gasteiger partial charge in [0.1, 0.15) is 4.90 Å². The highest BCUT2D eigenvalue weighted by Gasteiger charge is 2.26. The largest absolute Gasteiger partial charge is 0.478 e. The van der Waals surface area contributed by atoms with Gasteiger partial charge in [0.25, 0.3) is 0 Å². The lowest BCUT2D eigenvalue weighted by molar-refractivity contribution is 0.0697. The van der Waals surface area contributed by atoms with E-state index in [0.717, 1.165) is 18.9 Å². The maximum Gasteiger partial charge on any atom is 0.335 e. The summed E-state index contributed by atoms with van der Waals surface area (Å²) in [6.45, 7) is 0.909. The number of sulfonamides is 1. The number of hydrogen-bond donors (Lipinski definition) is 3. The molecule has 0 unspecified atom stereocenters. The van der Waals surface area contributed by atoms with Gasteiger partial charge in [-0.3, -0.25) is 0 Å². The van der Waals surface area contributed by atoms with Crippen molar-refractivity contribution in [1.82, 2.24) is 9.62 Å². The molecule has 1 saturated carbocycles. The highest BCUT2D eigenvalue weighted by molar-refractivity contribution is 7.89. The fourth-order valence-electron chi connectivity index (χ4n) is 2.06. The molecule has 0 bridgehead atoms. The average molecular weight is 313 g/mol. The van der Waals surface area contributed by atoms with Crippen molar-refractivity contribution >= 4 is 21.7 Å². The van der Waals surface area contributed by atoms with Gasteiger partial charge >= 0.3 is 5.97 Å². The van der Waals surface area contributed by atoms with Crippen molar-refractivity contribution in [2.45, 2.75) is 23.8 Å². The summed E-state index contributed by atoms with van der Waals surface area (Å²) < 4.78 is 26.8. The summed E-state index contributed by atoms with van der Waals surface area (Å²) >= 11 is 0. The van der Waals surface area contributed by atoms with Gasteiger partial charge in [0.15, 0.2) is 0 Å². The number of nitrogen functional groups attached to an aromatic ring is 1. The highest BCUT2D eigenvalue weighted by Crippen LogP contribution is 2.24. The second-order valence-electron chi connectivity index (χ2n) is 5.17. The zero-order chi connectivity index (χ0) is 15.6. The molecule has 21 heavy (non-hydrogen) atoms. The van der Waals surface area contributed by atoms with Gasteiger partial charge in [-0.25, -0.2) is 17.9 Å². The van der Waals surface area contributed by atoms with Crippen LogP contribution in [-0.4, -0.2) is 50.6 Å². The monoisotopic (exact) mass is 313 g/mol. The third kappa shape index (κ3) is 3.93. The van der Waals surface area contributed by atoms with Gasteiger partial charge in [-0.1, -0.05) is 0 Å². The van der Waals surface area contributed by atoms with Crippen LogP contribution < -0.4 is 10.5 Å². The minimum Gasteiger partial charge on any atom is -0.478 e. The van der Waals surface area contributed by atoms with Crippen molar-refractivity contribution in [2.75, 3.05) is 25.9 Å². The van der Waals surface area contributed by atoms with Crippen LogP contribution in [-0.2, 0) is 10.0 Å². The van der Waals surface area contributed by atoms with E-state index in [1.807, 2.05) is 7.05 Å². The molecule has 0 atom stereocenters. The standard InChI is InChI=1S/C13H19N3O4S/c1-16(10-3-4-10)7-6-15-21(19,20)12-5-2-9(13(17)18)8-11(12)14/h2,5,8,10,15H,3-4,6-7,14H2,1H3,(H,17,18). The quantitative estimate of drug-likeness (QED) is 0.626. The van der Waals surface area contributed by atoms with Gasteiger partial charge in [0.05, 0.1) is 11.3 Å². The van der Waals surface area contributed by atoms with Crippen molar-refractivity contribution < 1.29 is 18.3 Å². The zero-order valence-corrected chi connectivity index (χ0v) is 12.6. The number of hydrogen-bond acceptors (Lipinski definition) is 5. The fourth-order valence-corrected chi connectivity index (χ4v) is 3.19. The van der Waals surface area contributed by atoms with E-state index in [-0.39, 0.29) is 22.7 Å². The number of benzene rings is 1. The van der Waals surface area contributed by atoms with Crippen LogP contribution in [0, 0.1) is 0 Å². The van der Waals surface area contributed by atoms with Crippen LogP contribution in [0.1, 0.15) is 23.2 Å². The molecule has 0 radical (unpaired) electrons. The van der Waals surface area contributed by atoms with E-state index < -0.39 is 16.0 Å². The normalized spacial score (nSPS) is 15.3. The third-order valence-corrected chi connectivity index (χ3v) is 5.01. The van der Waals surface area contributed by atoms with Gasteiger partial charge in [0.2, 0.25) is 10.0 Å². The van der Waals surface area contributed by atoms with E-state index in [9.17, 15) is 13.2 Å². The first-order valence-corrected chi connectivity index (χ1v) is 8.12. The number of aromatic carboxylic acids is 1. The molecule has 2 rings (SSSR count). The number of rotatable bonds is 7. The lowest BCUT2D eigenvalue weighted by atomic mass is 10.2. The molecule has 7 nitrogen and oxygen atoms in total. The molecule has 1 aliphatic carbocycles. The number of likely N-dealkylation sites (N-methyl/N-ethyl adjacent to an activating group) is 1. The van der Waals surface area contributed by atoms with Crippen LogP contribution in [0.25, 0.3) is 0 Å². The highest BCUT2D eigenvalue weighted by atomic mass is 32.2. The first kappa shape index (κ1) is 15.7. The minimum absolute atomic E-state index is 0.0417. The average Bonchev–Trinajstić information content (AvgIpc) is 3.22. The Hall–Kier alpha value is -1.64. The van der Waals surface area contributed by atoms with E-state index in [1.165, 1.54) is 12.1 Å². The Bertz CT molecular complexity index is 641. The first-order chi connectivity index (χ1) is 9.81. The molecule has 4 N–H and O–H groups in total. The van der Waals surface area contributed by atoms with Crippen LogP contribution in [0.3, 0.4) is 0 Å². The van der Waals surface area contributed by atoms with Crippen molar-refractivity contribution in [3.05, 3.63) is 23.8 Å². The van der Waals surface area contributed by atoms with Crippen molar-refractivity contribution in [2.24, 2.45) is 0 Å². The summed E-state index contributed by atoms with van der Waals surface area (Å²) in [4.78, 5) is 12.8. The van der Waals surface area contributed by atoms with Crippen molar-refractivity contribution in [3.63, 3.8) is 0 Å². The molecule has 1 aliphatic rings. The molecule has 0 aromatic heterocycles. The van der Waals surface area contributed by atoms with Gasteiger partial charge in [-0.15, -0.1) is 0 Å². The van der Waals surface area contributed by atoms with E-state index in [4.69, 9.17) is 10.8 Å². The van der Waals surface area contributed by atoms with Gasteiger partial charge in [-0.05, 0) is 38.1 Å². The Morgan fingerprint density at radius 3 is 2.67 bits per heavy atom. The molecule has 116 valence electrons. The number of carboxylic acid groups (broad SMARTS) is 1. The minimum atomic E-state index is -3.73. The molecule has 0 aliphatic heterocycles. The number of anilines is 1. The predicted molar refractivity (Wildman–Crippen MR) is 78.7 cm³/mol. The van der Waals surface area contributed by atoms with Crippen LogP contribution >= 0.6 is 0 Å². The SMILES string of the molecule is CN(CCNS(=O)(=O)c1ccc(C(=O)O)cc1N)C1CC1. The van der Waals surface area contributed by atoms with Crippen LogP contribution in [0.5, 0.6) is 0 Å². The summed E-state index contributed by atoms with van der Waals surface area (Å²) in [6, 6.07) is 4.15. The topological polar surface area (TPSA) is 113 Å². The van der Waals surface area contributed by atoms with Gasteiger partial charge in [0, 0.05) is 19.1 Å². The predicted octanol–water partition coefficient (Wildman–Crippen LogP) is 0.340. The number of nitrogens with two attached hydrogens (primary N) is 1. The molecule has 1 aromatic rings. The van der Waals surface area contributed by atoms with Gasteiger partial charge in [-0.2, -0.15) is 0 Å². The molecule has 8 heteroatoms. The molecule has 0 heterocycles. The van der Waals surface area contributed by atoms with Crippen molar-refractivity contribution in [3.8, 4) is 0 Å². The zero-order valence-electron chi connectivity index (χ0n) is 11.7. The summed E-state index contributed by atoms with van der Waals surface area (Å²) in [6.07, 6.45) is 2.32. The van der Waals surface area contributed by atoms with E-state index in [2.05, 4.69) is 9.62 Å². The maximum atomic E-state index is 12.1. The number of nitrogens with zero attached hydrogens (tertiary/aromatic N) is 1. The van der Waals surface area contributed by atoms with E-state index >= 15 is 0 Å². The maximum absolute atomic E-state index is 12.1. The molecule has 1 aromatic carbocycles. The molecular formula is C13H19N3O4S. The Kier molecular flexibility index (Phi) is 4.50. The Labute approximate surface area is 123 Å². The molecule has 1 fully saturated rings. The second-order valence-corrected chi connectivity index (χ2v) is 6.90. The van der Waals surface area contributed by atoms with Crippen molar-refractivity contribution in [1.29, 1.82) is 0 Å². The Morgan fingerprint density at radius 2 is 2.14 bits per heavy atom. The van der Waals surface area contributed by atoms with Gasteiger partial charge < -0.3 is 15.7 Å². The lowest BCUT2D eigenvalue weighted by Gasteiger charge is -2.16. The first-order valence-electron chi connectivity index (χ1n) is 6.64. The summed E-state index contributed by atoms with van der Waals surface area (Å²) in [5.41, 5.74) is 5.53. The van der Waals surface area contributed by atoms with E-state index in [1.54, 1.807) is 0 Å².